The van der Waals surface area contributed by atoms with E-state index in [1.807, 2.05) is 10.8 Å². The van der Waals surface area contributed by atoms with Crippen molar-refractivity contribution in [2.75, 3.05) is 18.9 Å². The molecule has 2 rings (SSSR count). The molecule has 23 heavy (non-hydrogen) atoms. The van der Waals surface area contributed by atoms with Crippen LogP contribution < -0.4 is 16.0 Å². The summed E-state index contributed by atoms with van der Waals surface area (Å²) in [6.45, 7) is 1.31. The molecule has 3 N–H and O–H groups in total. The summed E-state index contributed by atoms with van der Waals surface area (Å²) in [7, 11) is 1.52. The van der Waals surface area contributed by atoms with E-state index in [4.69, 9.17) is 11.6 Å². The summed E-state index contributed by atoms with van der Waals surface area (Å²) in [6.07, 6.45) is 6.10. The highest BCUT2D eigenvalue weighted by atomic mass is 35.5. The number of nitrogens with zero attached hydrogens (tertiary/aromatic N) is 2. The Labute approximate surface area is 139 Å². The minimum Gasteiger partial charge on any atom is -0.355 e. The van der Waals surface area contributed by atoms with E-state index < -0.39 is 0 Å². The van der Waals surface area contributed by atoms with Gasteiger partial charge in [0, 0.05) is 38.2 Å². The second-order valence-electron chi connectivity index (χ2n) is 4.81. The molecule has 0 saturated carbocycles. The first kappa shape index (κ1) is 16.8. The normalized spacial score (nSPS) is 10.2. The smallest absolute Gasteiger partial charge is 0.319 e. The standard InChI is InChI=1S/C15H18ClN5O2/c1-17-14(22)12-9-11(3-4-13(12)16)20-15(23)19-5-2-7-21-8-6-18-10-21/h3-4,6,8-10H,2,5,7H2,1H3,(H,17,22)(H2,19,20,23). The van der Waals surface area contributed by atoms with Gasteiger partial charge in [0.2, 0.25) is 0 Å². The van der Waals surface area contributed by atoms with E-state index in [1.54, 1.807) is 24.7 Å². The van der Waals surface area contributed by atoms with Gasteiger partial charge in [0.05, 0.1) is 16.9 Å². The van der Waals surface area contributed by atoms with Crippen molar-refractivity contribution < 1.29 is 9.59 Å². The lowest BCUT2D eigenvalue weighted by Crippen LogP contribution is -2.30. The van der Waals surface area contributed by atoms with Gasteiger partial charge in [-0.1, -0.05) is 11.6 Å². The van der Waals surface area contributed by atoms with E-state index in [0.29, 0.717) is 22.8 Å². The Morgan fingerprint density at radius 2 is 2.17 bits per heavy atom. The van der Waals surface area contributed by atoms with Gasteiger partial charge < -0.3 is 20.5 Å². The van der Waals surface area contributed by atoms with Gasteiger partial charge in [0.25, 0.3) is 5.91 Å². The molecule has 7 nitrogen and oxygen atoms in total. The van der Waals surface area contributed by atoms with Crippen LogP contribution >= 0.6 is 11.6 Å². The van der Waals surface area contributed by atoms with Gasteiger partial charge >= 0.3 is 6.03 Å². The second-order valence-corrected chi connectivity index (χ2v) is 5.22. The topological polar surface area (TPSA) is 88.0 Å². The lowest BCUT2D eigenvalue weighted by atomic mass is 10.2. The summed E-state index contributed by atoms with van der Waals surface area (Å²) in [5.74, 6) is -0.306. The molecule has 0 spiro atoms. The number of nitrogens with one attached hydrogen (secondary N) is 3. The molecule has 0 radical (unpaired) electrons. The van der Waals surface area contributed by atoms with Crippen molar-refractivity contribution in [1.29, 1.82) is 0 Å². The van der Waals surface area contributed by atoms with Crippen LogP contribution in [0, 0.1) is 0 Å². The summed E-state index contributed by atoms with van der Waals surface area (Å²) in [4.78, 5) is 27.4. The number of amides is 3. The fourth-order valence-corrected chi connectivity index (χ4v) is 2.17. The maximum absolute atomic E-state index is 11.8. The van der Waals surface area contributed by atoms with Gasteiger partial charge in [-0.2, -0.15) is 0 Å². The predicted molar refractivity (Wildman–Crippen MR) is 88.7 cm³/mol. The number of carbonyl (C=O) groups excluding carboxylic acids is 2. The summed E-state index contributed by atoms with van der Waals surface area (Å²) < 4.78 is 1.94. The first-order chi connectivity index (χ1) is 11.1. The third-order valence-corrected chi connectivity index (χ3v) is 3.46. The minimum atomic E-state index is -0.333. The zero-order valence-electron chi connectivity index (χ0n) is 12.7. The molecular formula is C15H18ClN5O2. The largest absolute Gasteiger partial charge is 0.355 e. The average Bonchev–Trinajstić information content (AvgIpc) is 3.06. The van der Waals surface area contributed by atoms with Crippen LogP contribution in [0.1, 0.15) is 16.8 Å². The number of anilines is 1. The Kier molecular flexibility index (Phi) is 5.99. The maximum atomic E-state index is 11.8. The summed E-state index contributed by atoms with van der Waals surface area (Å²) in [5, 5.41) is 8.26. The summed E-state index contributed by atoms with van der Waals surface area (Å²) >= 11 is 5.96. The Morgan fingerprint density at radius 1 is 1.35 bits per heavy atom. The predicted octanol–water partition coefficient (Wildman–Crippen LogP) is 2.11. The van der Waals surface area contributed by atoms with E-state index in [9.17, 15) is 9.59 Å². The number of aromatic nitrogens is 2. The lowest BCUT2D eigenvalue weighted by Gasteiger charge is -2.10. The molecule has 2 aromatic rings. The van der Waals surface area contributed by atoms with Crippen LogP contribution in [0.15, 0.2) is 36.9 Å². The van der Waals surface area contributed by atoms with Gasteiger partial charge in [-0.05, 0) is 24.6 Å². The number of carbonyl (C=O) groups is 2. The number of rotatable bonds is 6. The van der Waals surface area contributed by atoms with Crippen molar-refractivity contribution in [1.82, 2.24) is 20.2 Å². The number of hydrogen-bond acceptors (Lipinski definition) is 3. The molecule has 1 heterocycles. The number of imidazole rings is 1. The fourth-order valence-electron chi connectivity index (χ4n) is 1.97. The lowest BCUT2D eigenvalue weighted by molar-refractivity contribution is 0.0963. The average molecular weight is 336 g/mol. The molecule has 0 bridgehead atoms. The van der Waals surface area contributed by atoms with E-state index >= 15 is 0 Å². The molecule has 1 aromatic carbocycles. The molecular weight excluding hydrogens is 318 g/mol. The molecule has 0 unspecified atom stereocenters. The molecule has 0 aliphatic rings. The molecule has 0 saturated heterocycles. The van der Waals surface area contributed by atoms with Crippen LogP contribution in [0.25, 0.3) is 0 Å². The number of halogens is 1. The highest BCUT2D eigenvalue weighted by molar-refractivity contribution is 6.34. The molecule has 0 atom stereocenters. The van der Waals surface area contributed by atoms with Crippen LogP contribution in [0.5, 0.6) is 0 Å². The second kappa shape index (κ2) is 8.19. The van der Waals surface area contributed by atoms with Gasteiger partial charge in [0.15, 0.2) is 0 Å². The number of urea groups is 1. The molecule has 122 valence electrons. The van der Waals surface area contributed by atoms with E-state index in [1.165, 1.54) is 13.1 Å². The fraction of sp³-hybridized carbons (Fsp3) is 0.267. The SMILES string of the molecule is CNC(=O)c1cc(NC(=O)NCCCn2ccnc2)ccc1Cl. The van der Waals surface area contributed by atoms with Crippen LogP contribution in [0.4, 0.5) is 10.5 Å². The molecule has 1 aromatic heterocycles. The highest BCUT2D eigenvalue weighted by Gasteiger charge is 2.10. The van der Waals surface area contributed by atoms with E-state index in [-0.39, 0.29) is 11.9 Å². The Bertz CT molecular complexity index is 673. The molecule has 3 amide bonds. The third kappa shape index (κ3) is 5.00. The Morgan fingerprint density at radius 3 is 2.87 bits per heavy atom. The van der Waals surface area contributed by atoms with Crippen molar-refractivity contribution in [2.45, 2.75) is 13.0 Å². The molecule has 0 fully saturated rings. The highest BCUT2D eigenvalue weighted by Crippen LogP contribution is 2.20. The first-order valence-electron chi connectivity index (χ1n) is 7.12. The monoisotopic (exact) mass is 335 g/mol. The quantitative estimate of drug-likeness (QED) is 0.706. The minimum absolute atomic E-state index is 0.306. The Hall–Kier alpha value is -2.54. The first-order valence-corrected chi connectivity index (χ1v) is 7.50. The molecule has 0 aliphatic carbocycles. The third-order valence-electron chi connectivity index (χ3n) is 3.13. The van der Waals surface area contributed by atoms with Gasteiger partial charge in [-0.3, -0.25) is 4.79 Å². The van der Waals surface area contributed by atoms with Crippen molar-refractivity contribution in [3.05, 3.63) is 47.5 Å². The Balaban J connectivity index is 1.81. The summed E-state index contributed by atoms with van der Waals surface area (Å²) in [6, 6.07) is 4.41. The van der Waals surface area contributed by atoms with Crippen molar-refractivity contribution in [3.63, 3.8) is 0 Å². The van der Waals surface area contributed by atoms with Crippen molar-refractivity contribution in [2.24, 2.45) is 0 Å². The van der Waals surface area contributed by atoms with Crippen LogP contribution in [-0.4, -0.2) is 35.1 Å². The number of benzene rings is 1. The number of hydrogen-bond donors (Lipinski definition) is 3. The van der Waals surface area contributed by atoms with Crippen molar-refractivity contribution >= 4 is 29.2 Å². The molecule has 8 heteroatoms. The maximum Gasteiger partial charge on any atom is 0.319 e. The van der Waals surface area contributed by atoms with Crippen LogP contribution in [0.3, 0.4) is 0 Å². The van der Waals surface area contributed by atoms with E-state index in [2.05, 4.69) is 20.9 Å². The van der Waals surface area contributed by atoms with Gasteiger partial charge in [0.1, 0.15) is 0 Å². The van der Waals surface area contributed by atoms with Crippen molar-refractivity contribution in [3.8, 4) is 0 Å². The van der Waals surface area contributed by atoms with Crippen LogP contribution in [0.2, 0.25) is 5.02 Å². The number of aryl methyl sites for hydroxylation is 1. The van der Waals surface area contributed by atoms with Gasteiger partial charge in [-0.25, -0.2) is 9.78 Å². The molecule has 0 aliphatic heterocycles. The van der Waals surface area contributed by atoms with Crippen LogP contribution in [-0.2, 0) is 6.54 Å². The summed E-state index contributed by atoms with van der Waals surface area (Å²) in [5.41, 5.74) is 0.812. The zero-order chi connectivity index (χ0) is 16.7. The van der Waals surface area contributed by atoms with E-state index in [0.717, 1.165) is 13.0 Å². The van der Waals surface area contributed by atoms with Gasteiger partial charge in [-0.15, -0.1) is 0 Å². The zero-order valence-corrected chi connectivity index (χ0v) is 13.4.